The van der Waals surface area contributed by atoms with Crippen LogP contribution in [-0.2, 0) is 14.8 Å². The van der Waals surface area contributed by atoms with Crippen molar-refractivity contribution in [3.05, 3.63) is 40.2 Å². The number of rotatable bonds is 6. The molecular weight excluding hydrogens is 452 g/mol. The zero-order chi connectivity index (χ0) is 19.4. The number of amides is 1. The van der Waals surface area contributed by atoms with Gasteiger partial charge in [-0.2, -0.15) is 4.31 Å². The average Bonchev–Trinajstić information content (AvgIpc) is 3.11. The molecule has 3 rings (SSSR count). The van der Waals surface area contributed by atoms with Crippen LogP contribution >= 0.6 is 27.3 Å². The number of hydrogen-bond donors (Lipinski definition) is 1. The third kappa shape index (κ3) is 4.90. The summed E-state index contributed by atoms with van der Waals surface area (Å²) in [6.45, 7) is 3.20. The van der Waals surface area contributed by atoms with Crippen molar-refractivity contribution in [2.75, 3.05) is 25.0 Å². The van der Waals surface area contributed by atoms with Crippen molar-refractivity contribution < 1.29 is 17.9 Å². The lowest BCUT2D eigenvalue weighted by Gasteiger charge is -2.30. The number of halogens is 1. The molecule has 1 aromatic carbocycles. The minimum Gasteiger partial charge on any atom is -0.494 e. The van der Waals surface area contributed by atoms with Crippen LogP contribution in [0.2, 0.25) is 0 Å². The van der Waals surface area contributed by atoms with Gasteiger partial charge in [0.25, 0.3) is 10.0 Å². The van der Waals surface area contributed by atoms with Gasteiger partial charge >= 0.3 is 0 Å². The van der Waals surface area contributed by atoms with Gasteiger partial charge in [0.1, 0.15) is 9.96 Å². The molecule has 146 valence electrons. The first-order valence-electron chi connectivity index (χ1n) is 8.69. The predicted molar refractivity (Wildman–Crippen MR) is 110 cm³/mol. The molecule has 27 heavy (non-hydrogen) atoms. The van der Waals surface area contributed by atoms with Gasteiger partial charge in [-0.25, -0.2) is 8.42 Å². The first-order valence-corrected chi connectivity index (χ1v) is 11.7. The number of carbonyl (C=O) groups excluding carboxylic acids is 1. The molecule has 0 atom stereocenters. The van der Waals surface area contributed by atoms with E-state index in [4.69, 9.17) is 4.74 Å². The Morgan fingerprint density at radius 3 is 2.44 bits per heavy atom. The van der Waals surface area contributed by atoms with Crippen LogP contribution in [0.5, 0.6) is 5.75 Å². The Kier molecular flexibility index (Phi) is 6.56. The summed E-state index contributed by atoms with van der Waals surface area (Å²) < 4.78 is 33.3. The van der Waals surface area contributed by atoms with Crippen molar-refractivity contribution in [3.63, 3.8) is 0 Å². The molecule has 2 aromatic rings. The number of nitrogens with one attached hydrogen (secondary N) is 1. The first kappa shape index (κ1) is 20.3. The lowest BCUT2D eigenvalue weighted by molar-refractivity contribution is -0.120. The molecule has 0 spiro atoms. The van der Waals surface area contributed by atoms with Crippen LogP contribution in [0.4, 0.5) is 5.69 Å². The van der Waals surface area contributed by atoms with E-state index < -0.39 is 10.0 Å². The Bertz CT molecular complexity index is 888. The molecule has 1 fully saturated rings. The van der Waals surface area contributed by atoms with Crippen LogP contribution in [0, 0.1) is 5.92 Å². The van der Waals surface area contributed by atoms with Gasteiger partial charge in [0.05, 0.1) is 10.4 Å². The first-order chi connectivity index (χ1) is 12.9. The van der Waals surface area contributed by atoms with Crippen molar-refractivity contribution in [3.8, 4) is 5.75 Å². The number of anilines is 1. The highest BCUT2D eigenvalue weighted by Gasteiger charge is 2.32. The molecule has 1 aliphatic heterocycles. The third-order valence-corrected chi connectivity index (χ3v) is 8.39. The summed E-state index contributed by atoms with van der Waals surface area (Å²) in [6.07, 6.45) is 1.02. The highest BCUT2D eigenvalue weighted by atomic mass is 79.9. The van der Waals surface area contributed by atoms with Gasteiger partial charge in [-0.1, -0.05) is 0 Å². The van der Waals surface area contributed by atoms with Gasteiger partial charge in [0, 0.05) is 24.7 Å². The number of carbonyl (C=O) groups is 1. The van der Waals surface area contributed by atoms with Crippen LogP contribution in [0.1, 0.15) is 19.8 Å². The standard InChI is InChI=1S/C18H21BrN2O4S2/c1-2-25-15-5-3-14(4-6-15)20-18(22)13-9-11-21(12-10-13)27(23,24)17-8-7-16(19)26-17/h3-8,13H,2,9-12H2,1H3,(H,20,22). The monoisotopic (exact) mass is 472 g/mol. The largest absolute Gasteiger partial charge is 0.494 e. The Hall–Kier alpha value is -1.42. The number of piperidine rings is 1. The molecule has 0 bridgehead atoms. The maximum absolute atomic E-state index is 12.7. The second kappa shape index (κ2) is 8.72. The zero-order valence-corrected chi connectivity index (χ0v) is 18.1. The van der Waals surface area contributed by atoms with Crippen LogP contribution in [0.3, 0.4) is 0 Å². The summed E-state index contributed by atoms with van der Waals surface area (Å²) in [5.74, 6) is 0.488. The van der Waals surface area contributed by atoms with Gasteiger partial charge in [0.15, 0.2) is 0 Å². The SMILES string of the molecule is CCOc1ccc(NC(=O)C2CCN(S(=O)(=O)c3ccc(Br)s3)CC2)cc1. The topological polar surface area (TPSA) is 75.7 Å². The summed E-state index contributed by atoms with van der Waals surface area (Å²) in [6, 6.07) is 10.6. The molecule has 0 unspecified atom stereocenters. The van der Waals surface area contributed by atoms with Crippen molar-refractivity contribution in [1.82, 2.24) is 4.31 Å². The van der Waals surface area contributed by atoms with E-state index in [1.165, 1.54) is 15.6 Å². The fraction of sp³-hybridized carbons (Fsp3) is 0.389. The van der Waals surface area contributed by atoms with Gasteiger partial charge in [0.2, 0.25) is 5.91 Å². The van der Waals surface area contributed by atoms with Crippen LogP contribution in [0.15, 0.2) is 44.4 Å². The summed E-state index contributed by atoms with van der Waals surface area (Å²) in [5, 5.41) is 2.90. The molecule has 1 aromatic heterocycles. The van der Waals surface area contributed by atoms with Crippen molar-refractivity contribution in [1.29, 1.82) is 0 Å². The maximum Gasteiger partial charge on any atom is 0.252 e. The highest BCUT2D eigenvalue weighted by molar-refractivity contribution is 9.11. The molecule has 0 radical (unpaired) electrons. The number of thiophene rings is 1. The molecule has 0 aliphatic carbocycles. The van der Waals surface area contributed by atoms with Gasteiger partial charge < -0.3 is 10.1 Å². The van der Waals surface area contributed by atoms with Gasteiger partial charge in [-0.05, 0) is 72.1 Å². The second-order valence-electron chi connectivity index (χ2n) is 6.18. The van der Waals surface area contributed by atoms with Gasteiger partial charge in [-0.3, -0.25) is 4.79 Å². The molecule has 1 amide bonds. The molecular formula is C18H21BrN2O4S2. The van der Waals surface area contributed by atoms with E-state index in [1.807, 2.05) is 19.1 Å². The fourth-order valence-electron chi connectivity index (χ4n) is 2.97. The Balaban J connectivity index is 1.56. The third-order valence-electron chi connectivity index (χ3n) is 4.40. The van der Waals surface area contributed by atoms with E-state index in [9.17, 15) is 13.2 Å². The van der Waals surface area contributed by atoms with Crippen LogP contribution in [-0.4, -0.2) is 38.3 Å². The van der Waals surface area contributed by atoms with Crippen LogP contribution < -0.4 is 10.1 Å². The molecule has 9 heteroatoms. The predicted octanol–water partition coefficient (Wildman–Crippen LogP) is 3.95. The average molecular weight is 473 g/mol. The smallest absolute Gasteiger partial charge is 0.252 e. The lowest BCUT2D eigenvalue weighted by Crippen LogP contribution is -2.41. The minimum atomic E-state index is -3.48. The highest BCUT2D eigenvalue weighted by Crippen LogP contribution is 2.31. The quantitative estimate of drug-likeness (QED) is 0.690. The Labute approximate surface area is 171 Å². The number of benzene rings is 1. The normalized spacial score (nSPS) is 16.2. The molecule has 1 saturated heterocycles. The lowest BCUT2D eigenvalue weighted by atomic mass is 9.97. The summed E-state index contributed by atoms with van der Waals surface area (Å²) in [5.41, 5.74) is 0.710. The second-order valence-corrected chi connectivity index (χ2v) is 10.8. The summed E-state index contributed by atoms with van der Waals surface area (Å²) >= 11 is 4.50. The molecule has 2 heterocycles. The summed E-state index contributed by atoms with van der Waals surface area (Å²) in [4.78, 5) is 12.5. The van der Waals surface area contributed by atoms with Crippen LogP contribution in [0.25, 0.3) is 0 Å². The maximum atomic E-state index is 12.7. The Morgan fingerprint density at radius 1 is 1.22 bits per heavy atom. The molecule has 1 N–H and O–H groups in total. The molecule has 0 saturated carbocycles. The number of hydrogen-bond acceptors (Lipinski definition) is 5. The number of nitrogens with zero attached hydrogens (tertiary/aromatic N) is 1. The van der Waals surface area contributed by atoms with E-state index in [0.717, 1.165) is 9.54 Å². The van der Waals surface area contributed by atoms with E-state index in [-0.39, 0.29) is 11.8 Å². The number of sulfonamides is 1. The van der Waals surface area contributed by atoms with Crippen molar-refractivity contribution >= 4 is 48.9 Å². The van der Waals surface area contributed by atoms with Crippen molar-refractivity contribution in [2.24, 2.45) is 5.92 Å². The Morgan fingerprint density at radius 2 is 1.89 bits per heavy atom. The van der Waals surface area contributed by atoms with E-state index in [0.29, 0.717) is 42.4 Å². The van der Waals surface area contributed by atoms with Crippen molar-refractivity contribution in [2.45, 2.75) is 24.0 Å². The number of ether oxygens (including phenoxy) is 1. The van der Waals surface area contributed by atoms with Gasteiger partial charge in [-0.15, -0.1) is 11.3 Å². The van der Waals surface area contributed by atoms with E-state index in [2.05, 4.69) is 21.2 Å². The fourth-order valence-corrected chi connectivity index (χ4v) is 6.60. The van der Waals surface area contributed by atoms with E-state index in [1.54, 1.807) is 24.3 Å². The van der Waals surface area contributed by atoms with E-state index >= 15 is 0 Å². The minimum absolute atomic E-state index is 0.0740. The zero-order valence-electron chi connectivity index (χ0n) is 14.9. The summed E-state index contributed by atoms with van der Waals surface area (Å²) in [7, 11) is -3.48. The molecule has 6 nitrogen and oxygen atoms in total. The molecule has 1 aliphatic rings.